The Hall–Kier alpha value is -2.63. The minimum Gasteiger partial charge on any atom is -0.355 e. The van der Waals surface area contributed by atoms with Gasteiger partial charge in [0.2, 0.25) is 0 Å². The minimum atomic E-state index is -0.498. The molecule has 1 amide bonds. The second kappa shape index (κ2) is 7.51. The van der Waals surface area contributed by atoms with Crippen molar-refractivity contribution in [2.24, 2.45) is 0 Å². The molecule has 4 nitrogen and oxygen atoms in total. The molecule has 0 aliphatic heterocycles. The molecule has 25 heavy (non-hydrogen) atoms. The number of halogens is 3. The minimum absolute atomic E-state index is 0.00995. The Morgan fingerprint density at radius 2 is 1.72 bits per heavy atom. The lowest BCUT2D eigenvalue weighted by Gasteiger charge is -2.10. The standard InChI is InChI=1S/C18H12Cl2FN3O/c19-13-3-1-2-4-16(13)24-18(25)17-10-12(7-8-22-17)23-11-5-6-15(21)14(20)9-11/h1-10H,(H,22,23)(H,24,25). The number of benzene rings is 2. The van der Waals surface area contributed by atoms with Gasteiger partial charge in [0.1, 0.15) is 11.5 Å². The number of carbonyl (C=O) groups excluding carboxylic acids is 1. The number of rotatable bonds is 4. The van der Waals surface area contributed by atoms with Gasteiger partial charge in [-0.15, -0.1) is 0 Å². The van der Waals surface area contributed by atoms with Crippen LogP contribution in [0.1, 0.15) is 10.5 Å². The Morgan fingerprint density at radius 1 is 0.960 bits per heavy atom. The van der Waals surface area contributed by atoms with Crippen molar-refractivity contribution >= 4 is 46.2 Å². The normalized spacial score (nSPS) is 10.4. The summed E-state index contributed by atoms with van der Waals surface area (Å²) < 4.78 is 13.2. The molecule has 0 aliphatic carbocycles. The van der Waals surface area contributed by atoms with Gasteiger partial charge >= 0.3 is 0 Å². The third-order valence-corrected chi connectivity index (χ3v) is 3.94. The number of aromatic nitrogens is 1. The Balaban J connectivity index is 1.77. The van der Waals surface area contributed by atoms with E-state index in [-0.39, 0.29) is 10.7 Å². The summed E-state index contributed by atoms with van der Waals surface area (Å²) in [6.07, 6.45) is 1.50. The van der Waals surface area contributed by atoms with Crippen molar-refractivity contribution in [1.29, 1.82) is 0 Å². The first-order chi connectivity index (χ1) is 12.0. The fourth-order valence-corrected chi connectivity index (χ4v) is 2.49. The molecule has 3 rings (SSSR count). The van der Waals surface area contributed by atoms with Gasteiger partial charge in [-0.3, -0.25) is 9.78 Å². The SMILES string of the molecule is O=C(Nc1ccccc1Cl)c1cc(Nc2ccc(F)c(Cl)c2)ccn1. The summed E-state index contributed by atoms with van der Waals surface area (Å²) in [6.45, 7) is 0. The lowest BCUT2D eigenvalue weighted by molar-refractivity contribution is 0.102. The second-order valence-corrected chi connectivity index (χ2v) is 5.93. The topological polar surface area (TPSA) is 54.0 Å². The zero-order valence-corrected chi connectivity index (χ0v) is 14.3. The molecule has 0 atom stereocenters. The maximum Gasteiger partial charge on any atom is 0.274 e. The van der Waals surface area contributed by atoms with E-state index in [4.69, 9.17) is 23.2 Å². The van der Waals surface area contributed by atoms with Crippen LogP contribution in [-0.2, 0) is 0 Å². The fraction of sp³-hybridized carbons (Fsp3) is 0. The fourth-order valence-electron chi connectivity index (χ4n) is 2.12. The second-order valence-electron chi connectivity index (χ2n) is 5.12. The largest absolute Gasteiger partial charge is 0.355 e. The molecule has 1 heterocycles. The highest BCUT2D eigenvalue weighted by molar-refractivity contribution is 6.33. The lowest BCUT2D eigenvalue weighted by atomic mass is 10.2. The third-order valence-electron chi connectivity index (χ3n) is 3.32. The number of para-hydroxylation sites is 1. The molecule has 2 N–H and O–H groups in total. The average Bonchev–Trinajstić information content (AvgIpc) is 2.60. The van der Waals surface area contributed by atoms with Gasteiger partial charge in [-0.1, -0.05) is 35.3 Å². The van der Waals surface area contributed by atoms with E-state index >= 15 is 0 Å². The molecule has 0 aliphatic rings. The van der Waals surface area contributed by atoms with Crippen LogP contribution in [0, 0.1) is 5.82 Å². The van der Waals surface area contributed by atoms with Crippen molar-refractivity contribution in [3.63, 3.8) is 0 Å². The van der Waals surface area contributed by atoms with E-state index in [1.807, 2.05) is 0 Å². The van der Waals surface area contributed by atoms with Crippen molar-refractivity contribution < 1.29 is 9.18 Å². The first-order valence-corrected chi connectivity index (χ1v) is 8.02. The van der Waals surface area contributed by atoms with Gasteiger partial charge in [0.15, 0.2) is 0 Å². The first kappa shape index (κ1) is 17.2. The maximum atomic E-state index is 13.2. The third kappa shape index (κ3) is 4.26. The Kier molecular flexibility index (Phi) is 5.16. The van der Waals surface area contributed by atoms with Crippen LogP contribution in [-0.4, -0.2) is 10.9 Å². The number of hydrogen-bond donors (Lipinski definition) is 2. The quantitative estimate of drug-likeness (QED) is 0.630. The zero-order valence-electron chi connectivity index (χ0n) is 12.8. The Morgan fingerprint density at radius 3 is 2.48 bits per heavy atom. The van der Waals surface area contributed by atoms with Crippen molar-refractivity contribution in [3.05, 3.63) is 82.4 Å². The van der Waals surface area contributed by atoms with Crippen LogP contribution in [0.25, 0.3) is 0 Å². The summed E-state index contributed by atoms with van der Waals surface area (Å²) in [5, 5.41) is 6.19. The van der Waals surface area contributed by atoms with Crippen LogP contribution in [0.15, 0.2) is 60.8 Å². The molecule has 0 spiro atoms. The van der Waals surface area contributed by atoms with Crippen LogP contribution < -0.4 is 10.6 Å². The van der Waals surface area contributed by atoms with E-state index in [0.717, 1.165) is 0 Å². The van der Waals surface area contributed by atoms with Crippen molar-refractivity contribution in [2.45, 2.75) is 0 Å². The molecule has 126 valence electrons. The monoisotopic (exact) mass is 375 g/mol. The number of anilines is 3. The maximum absolute atomic E-state index is 13.2. The van der Waals surface area contributed by atoms with E-state index in [2.05, 4.69) is 15.6 Å². The molecule has 0 radical (unpaired) electrons. The van der Waals surface area contributed by atoms with Gasteiger partial charge in [0.25, 0.3) is 5.91 Å². The molecule has 0 fully saturated rings. The van der Waals surface area contributed by atoms with Gasteiger partial charge in [-0.25, -0.2) is 4.39 Å². The van der Waals surface area contributed by atoms with Crippen LogP contribution in [0.4, 0.5) is 21.5 Å². The lowest BCUT2D eigenvalue weighted by Crippen LogP contribution is -2.14. The van der Waals surface area contributed by atoms with Crippen LogP contribution in [0.2, 0.25) is 10.0 Å². The molecule has 3 aromatic rings. The van der Waals surface area contributed by atoms with Crippen molar-refractivity contribution in [1.82, 2.24) is 4.98 Å². The summed E-state index contributed by atoms with van der Waals surface area (Å²) in [7, 11) is 0. The zero-order chi connectivity index (χ0) is 17.8. The number of nitrogens with one attached hydrogen (secondary N) is 2. The van der Waals surface area contributed by atoms with E-state index in [1.54, 1.807) is 42.5 Å². The number of amides is 1. The van der Waals surface area contributed by atoms with Crippen molar-refractivity contribution in [3.8, 4) is 0 Å². The molecular formula is C18H12Cl2FN3O. The van der Waals surface area contributed by atoms with Gasteiger partial charge in [0.05, 0.1) is 15.7 Å². The highest BCUT2D eigenvalue weighted by Crippen LogP contribution is 2.24. The van der Waals surface area contributed by atoms with Crippen LogP contribution in [0.3, 0.4) is 0 Å². The number of nitrogens with zero attached hydrogens (tertiary/aromatic N) is 1. The summed E-state index contributed by atoms with van der Waals surface area (Å²) >= 11 is 11.8. The van der Waals surface area contributed by atoms with Crippen LogP contribution >= 0.6 is 23.2 Å². The molecule has 0 bridgehead atoms. The molecule has 7 heteroatoms. The predicted molar refractivity (Wildman–Crippen MR) is 98.3 cm³/mol. The highest BCUT2D eigenvalue weighted by atomic mass is 35.5. The number of pyridine rings is 1. The van der Waals surface area contributed by atoms with E-state index in [1.165, 1.54) is 18.3 Å². The van der Waals surface area contributed by atoms with Gasteiger partial charge < -0.3 is 10.6 Å². The highest BCUT2D eigenvalue weighted by Gasteiger charge is 2.10. The van der Waals surface area contributed by atoms with E-state index in [9.17, 15) is 9.18 Å². The van der Waals surface area contributed by atoms with E-state index < -0.39 is 11.7 Å². The van der Waals surface area contributed by atoms with Gasteiger partial charge in [0, 0.05) is 17.6 Å². The molecule has 1 aromatic heterocycles. The molecule has 0 saturated heterocycles. The number of carbonyl (C=O) groups is 1. The van der Waals surface area contributed by atoms with Gasteiger partial charge in [-0.2, -0.15) is 0 Å². The number of hydrogen-bond acceptors (Lipinski definition) is 3. The summed E-state index contributed by atoms with van der Waals surface area (Å²) in [6, 6.07) is 14.4. The molecule has 0 saturated carbocycles. The van der Waals surface area contributed by atoms with Gasteiger partial charge in [-0.05, 0) is 42.5 Å². The molecule has 0 unspecified atom stereocenters. The first-order valence-electron chi connectivity index (χ1n) is 7.27. The summed E-state index contributed by atoms with van der Waals surface area (Å²) in [5.74, 6) is -0.893. The van der Waals surface area contributed by atoms with E-state index in [0.29, 0.717) is 22.1 Å². The molecular weight excluding hydrogens is 364 g/mol. The Labute approximate surface area is 153 Å². The summed E-state index contributed by atoms with van der Waals surface area (Å²) in [4.78, 5) is 16.4. The van der Waals surface area contributed by atoms with Crippen LogP contribution in [0.5, 0.6) is 0 Å². The molecule has 2 aromatic carbocycles. The predicted octanol–water partition coefficient (Wildman–Crippen LogP) is 5.52. The van der Waals surface area contributed by atoms with Crippen molar-refractivity contribution in [2.75, 3.05) is 10.6 Å². The average molecular weight is 376 g/mol. The smallest absolute Gasteiger partial charge is 0.274 e. The summed E-state index contributed by atoms with van der Waals surface area (Å²) in [5.41, 5.74) is 1.91. The Bertz CT molecular complexity index is 934.